The predicted molar refractivity (Wildman–Crippen MR) is 106 cm³/mol. The Morgan fingerprint density at radius 1 is 1.29 bits per heavy atom. The SMILES string of the molecule is COc1ccc2ncc(C#N)c(-c3ccc(CN(C4CC4)S(=O)[O-])cc3)c2c1. The highest BCUT2D eigenvalue weighted by atomic mass is 32.2. The van der Waals surface area contributed by atoms with E-state index in [4.69, 9.17) is 4.74 Å². The average Bonchev–Trinajstić information content (AvgIpc) is 3.56. The van der Waals surface area contributed by atoms with Crippen LogP contribution in [0.1, 0.15) is 24.0 Å². The second kappa shape index (κ2) is 7.68. The molecule has 0 saturated heterocycles. The van der Waals surface area contributed by atoms with Gasteiger partial charge in [0.2, 0.25) is 0 Å². The number of methoxy groups -OCH3 is 1. The zero-order valence-electron chi connectivity index (χ0n) is 15.3. The smallest absolute Gasteiger partial charge is 0.119 e. The van der Waals surface area contributed by atoms with Crippen LogP contribution in [0.4, 0.5) is 0 Å². The summed E-state index contributed by atoms with van der Waals surface area (Å²) in [6, 6.07) is 15.6. The number of rotatable bonds is 6. The quantitative estimate of drug-likeness (QED) is 0.599. The van der Waals surface area contributed by atoms with E-state index < -0.39 is 11.3 Å². The molecule has 0 amide bonds. The minimum atomic E-state index is -2.22. The van der Waals surface area contributed by atoms with Gasteiger partial charge in [0, 0.05) is 41.0 Å². The number of ether oxygens (including phenoxy) is 1. The van der Waals surface area contributed by atoms with Crippen molar-refractivity contribution in [2.45, 2.75) is 25.4 Å². The average molecular weight is 392 g/mol. The van der Waals surface area contributed by atoms with E-state index in [1.165, 1.54) is 4.31 Å². The Labute approximate surface area is 165 Å². The highest BCUT2D eigenvalue weighted by molar-refractivity contribution is 7.76. The normalized spacial score (nSPS) is 14.8. The number of fused-ring (bicyclic) bond motifs is 1. The van der Waals surface area contributed by atoms with Gasteiger partial charge in [-0.3, -0.25) is 9.19 Å². The van der Waals surface area contributed by atoms with Crippen LogP contribution in [0.25, 0.3) is 22.0 Å². The van der Waals surface area contributed by atoms with Gasteiger partial charge < -0.3 is 9.29 Å². The van der Waals surface area contributed by atoms with Crippen molar-refractivity contribution in [3.8, 4) is 22.9 Å². The Bertz CT molecular complexity index is 1090. The monoisotopic (exact) mass is 392 g/mol. The van der Waals surface area contributed by atoms with Crippen LogP contribution in [0.3, 0.4) is 0 Å². The zero-order valence-corrected chi connectivity index (χ0v) is 16.1. The fourth-order valence-corrected chi connectivity index (χ4v) is 4.03. The van der Waals surface area contributed by atoms with Crippen molar-refractivity contribution in [1.82, 2.24) is 9.29 Å². The Balaban J connectivity index is 1.73. The molecule has 1 atom stereocenters. The molecule has 1 aliphatic rings. The van der Waals surface area contributed by atoms with E-state index in [2.05, 4.69) is 11.1 Å². The number of hydrogen-bond donors (Lipinski definition) is 0. The highest BCUT2D eigenvalue weighted by Gasteiger charge is 2.29. The van der Waals surface area contributed by atoms with Crippen molar-refractivity contribution in [3.05, 3.63) is 59.8 Å². The second-order valence-corrected chi connectivity index (χ2v) is 7.67. The molecule has 1 aliphatic carbocycles. The number of aromatic nitrogens is 1. The molecule has 0 bridgehead atoms. The van der Waals surface area contributed by atoms with Crippen LogP contribution in [-0.2, 0) is 17.8 Å². The minimum absolute atomic E-state index is 0.125. The number of nitriles is 1. The van der Waals surface area contributed by atoms with Gasteiger partial charge in [-0.15, -0.1) is 0 Å². The van der Waals surface area contributed by atoms with Crippen molar-refractivity contribution >= 4 is 22.2 Å². The number of hydrogen-bond acceptors (Lipinski definition) is 5. The molecule has 28 heavy (non-hydrogen) atoms. The second-order valence-electron chi connectivity index (χ2n) is 6.76. The molecular formula is C21H18N3O3S-. The molecule has 7 heteroatoms. The lowest BCUT2D eigenvalue weighted by Gasteiger charge is -2.24. The molecule has 3 aromatic rings. The van der Waals surface area contributed by atoms with E-state index in [0.717, 1.165) is 40.4 Å². The van der Waals surface area contributed by atoms with E-state index in [1.807, 2.05) is 42.5 Å². The molecule has 1 fully saturated rings. The van der Waals surface area contributed by atoms with Crippen LogP contribution < -0.4 is 4.74 Å². The molecule has 4 rings (SSSR count). The van der Waals surface area contributed by atoms with Gasteiger partial charge in [-0.2, -0.15) is 5.26 Å². The van der Waals surface area contributed by atoms with Crippen molar-refractivity contribution < 1.29 is 13.5 Å². The molecule has 1 aromatic heterocycles. The summed E-state index contributed by atoms with van der Waals surface area (Å²) in [5.74, 6) is 0.695. The van der Waals surface area contributed by atoms with E-state index >= 15 is 0 Å². The maximum atomic E-state index is 11.4. The molecule has 6 nitrogen and oxygen atoms in total. The predicted octanol–water partition coefficient (Wildman–Crippen LogP) is 3.54. The first-order chi connectivity index (χ1) is 13.6. The van der Waals surface area contributed by atoms with Crippen molar-refractivity contribution in [2.75, 3.05) is 7.11 Å². The number of benzene rings is 2. The van der Waals surface area contributed by atoms with Gasteiger partial charge >= 0.3 is 0 Å². The van der Waals surface area contributed by atoms with Crippen LogP contribution in [0.2, 0.25) is 0 Å². The lowest BCUT2D eigenvalue weighted by molar-refractivity contribution is 0.376. The first-order valence-corrected chi connectivity index (χ1v) is 9.96. The summed E-state index contributed by atoms with van der Waals surface area (Å²) in [5, 5.41) is 10.4. The molecule has 1 saturated carbocycles. The zero-order chi connectivity index (χ0) is 19.7. The molecular weight excluding hydrogens is 374 g/mol. The van der Waals surface area contributed by atoms with Crippen molar-refractivity contribution in [2.24, 2.45) is 0 Å². The summed E-state index contributed by atoms with van der Waals surface area (Å²) in [5.41, 5.74) is 3.84. The number of nitrogens with zero attached hydrogens (tertiary/aromatic N) is 3. The van der Waals surface area contributed by atoms with E-state index in [9.17, 15) is 14.0 Å². The summed E-state index contributed by atoms with van der Waals surface area (Å²) in [4.78, 5) is 4.36. The standard InChI is InChI=1S/C21H19N3O3S/c1-27-18-8-9-20-19(10-18)21(16(11-22)12-23-20)15-4-2-14(3-5-15)13-24(28(25)26)17-6-7-17/h2-5,8-10,12,17H,6-7,13H2,1H3,(H,25,26)/p-1. The molecule has 0 N–H and O–H groups in total. The maximum absolute atomic E-state index is 11.4. The summed E-state index contributed by atoms with van der Waals surface area (Å²) in [6.07, 6.45) is 3.42. The molecule has 142 valence electrons. The Hall–Kier alpha value is -2.79. The molecule has 0 radical (unpaired) electrons. The molecule has 2 aromatic carbocycles. The summed E-state index contributed by atoms with van der Waals surface area (Å²) < 4.78 is 29.7. The fraction of sp³-hybridized carbons (Fsp3) is 0.238. The third kappa shape index (κ3) is 3.62. The van der Waals surface area contributed by atoms with Crippen LogP contribution >= 0.6 is 0 Å². The van der Waals surface area contributed by atoms with Gasteiger partial charge in [-0.05, 0) is 42.2 Å². The van der Waals surface area contributed by atoms with Crippen molar-refractivity contribution in [3.63, 3.8) is 0 Å². The van der Waals surface area contributed by atoms with Crippen LogP contribution in [0.5, 0.6) is 5.75 Å². The third-order valence-corrected chi connectivity index (χ3v) is 5.73. The molecule has 0 aliphatic heterocycles. The molecule has 1 heterocycles. The largest absolute Gasteiger partial charge is 0.760 e. The van der Waals surface area contributed by atoms with Crippen LogP contribution in [0.15, 0.2) is 48.7 Å². The highest BCUT2D eigenvalue weighted by Crippen LogP contribution is 2.34. The van der Waals surface area contributed by atoms with Crippen LogP contribution in [0, 0.1) is 11.3 Å². The minimum Gasteiger partial charge on any atom is -0.760 e. The van der Waals surface area contributed by atoms with E-state index in [-0.39, 0.29) is 6.04 Å². The summed E-state index contributed by atoms with van der Waals surface area (Å²) >= 11 is -2.22. The summed E-state index contributed by atoms with van der Waals surface area (Å²) in [7, 11) is 1.60. The molecule has 1 unspecified atom stereocenters. The Morgan fingerprint density at radius 2 is 2.04 bits per heavy atom. The van der Waals surface area contributed by atoms with Gasteiger partial charge in [0.15, 0.2) is 0 Å². The van der Waals surface area contributed by atoms with E-state index in [1.54, 1.807) is 13.3 Å². The van der Waals surface area contributed by atoms with Crippen molar-refractivity contribution in [1.29, 1.82) is 5.26 Å². The van der Waals surface area contributed by atoms with Gasteiger partial charge in [-0.1, -0.05) is 24.3 Å². The summed E-state index contributed by atoms with van der Waals surface area (Å²) in [6.45, 7) is 0.358. The topological polar surface area (TPSA) is 89.3 Å². The van der Waals surface area contributed by atoms with Crippen LogP contribution in [-0.4, -0.2) is 31.2 Å². The van der Waals surface area contributed by atoms with Gasteiger partial charge in [0.05, 0.1) is 18.2 Å². The lowest BCUT2D eigenvalue weighted by Crippen LogP contribution is -2.27. The van der Waals surface area contributed by atoms with E-state index in [0.29, 0.717) is 17.9 Å². The first kappa shape index (κ1) is 18.6. The van der Waals surface area contributed by atoms with Gasteiger partial charge in [-0.25, -0.2) is 4.31 Å². The van der Waals surface area contributed by atoms with Gasteiger partial charge in [0.25, 0.3) is 0 Å². The fourth-order valence-electron chi connectivity index (χ4n) is 3.32. The third-order valence-electron chi connectivity index (χ3n) is 4.92. The number of pyridine rings is 1. The Kier molecular flexibility index (Phi) is 5.09. The molecule has 0 spiro atoms. The van der Waals surface area contributed by atoms with Gasteiger partial charge in [0.1, 0.15) is 11.8 Å². The lowest BCUT2D eigenvalue weighted by atomic mass is 9.96. The first-order valence-electron chi connectivity index (χ1n) is 8.93. The Morgan fingerprint density at radius 3 is 2.64 bits per heavy atom. The maximum Gasteiger partial charge on any atom is 0.119 e.